The maximum absolute atomic E-state index is 13.3. The minimum absolute atomic E-state index is 0.0566. The molecule has 5 nitrogen and oxygen atoms in total. The van der Waals surface area contributed by atoms with Crippen LogP contribution in [-0.2, 0) is 16.8 Å². The molecule has 1 saturated heterocycles. The molecular formula is C24H29N3O2. The van der Waals surface area contributed by atoms with Gasteiger partial charge in [0.15, 0.2) is 0 Å². The highest BCUT2D eigenvalue weighted by Gasteiger charge is 2.55. The molecule has 4 rings (SSSR count). The van der Waals surface area contributed by atoms with Crippen LogP contribution in [0, 0.1) is 0 Å². The van der Waals surface area contributed by atoms with Gasteiger partial charge in [-0.25, -0.2) is 4.79 Å². The molecule has 1 aliphatic heterocycles. The van der Waals surface area contributed by atoms with E-state index in [1.165, 1.54) is 10.5 Å². The Morgan fingerprint density at radius 3 is 2.07 bits per heavy atom. The second kappa shape index (κ2) is 7.64. The number of carbonyl (C=O) groups is 2. The number of hydrogen-bond acceptors (Lipinski definition) is 3. The first kappa shape index (κ1) is 19.6. The third-order valence-corrected chi connectivity index (χ3v) is 6.81. The number of urea groups is 1. The second-order valence-corrected chi connectivity index (χ2v) is 8.50. The Bertz CT molecular complexity index is 872. The maximum Gasteiger partial charge on any atom is 0.325 e. The van der Waals surface area contributed by atoms with E-state index in [1.807, 2.05) is 36.4 Å². The van der Waals surface area contributed by atoms with Crippen molar-refractivity contribution in [3.05, 3.63) is 71.8 Å². The highest BCUT2D eigenvalue weighted by molar-refractivity contribution is 6.07. The van der Waals surface area contributed by atoms with Gasteiger partial charge >= 0.3 is 6.03 Å². The summed E-state index contributed by atoms with van der Waals surface area (Å²) in [6.07, 6.45) is 3.67. The van der Waals surface area contributed by atoms with Gasteiger partial charge in [-0.15, -0.1) is 0 Å². The summed E-state index contributed by atoms with van der Waals surface area (Å²) in [5, 5.41) is 3.05. The summed E-state index contributed by atoms with van der Waals surface area (Å²) in [5.74, 6) is -0.0566. The molecule has 1 N–H and O–H groups in total. The summed E-state index contributed by atoms with van der Waals surface area (Å²) >= 11 is 0. The summed E-state index contributed by atoms with van der Waals surface area (Å²) in [6, 6.07) is 20.2. The van der Waals surface area contributed by atoms with Crippen LogP contribution in [0.1, 0.15) is 36.8 Å². The normalized spacial score (nSPS) is 26.9. The molecule has 2 aromatic carbocycles. The van der Waals surface area contributed by atoms with Crippen molar-refractivity contribution in [2.75, 3.05) is 20.6 Å². The van der Waals surface area contributed by atoms with Gasteiger partial charge in [-0.2, -0.15) is 0 Å². The predicted molar refractivity (Wildman–Crippen MR) is 113 cm³/mol. The zero-order valence-electron chi connectivity index (χ0n) is 17.2. The van der Waals surface area contributed by atoms with E-state index >= 15 is 0 Å². The molecule has 1 saturated carbocycles. The Morgan fingerprint density at radius 1 is 0.897 bits per heavy atom. The molecular weight excluding hydrogens is 362 g/mol. The van der Waals surface area contributed by atoms with Crippen molar-refractivity contribution in [2.45, 2.75) is 43.2 Å². The summed E-state index contributed by atoms with van der Waals surface area (Å²) in [6.45, 7) is 0.425. The molecule has 152 valence electrons. The van der Waals surface area contributed by atoms with Gasteiger partial charge in [0.1, 0.15) is 5.54 Å². The van der Waals surface area contributed by atoms with Gasteiger partial charge in [0.05, 0.1) is 0 Å². The lowest BCUT2D eigenvalue weighted by Gasteiger charge is -2.48. The number of nitrogens with one attached hydrogen (secondary N) is 1. The molecule has 0 unspecified atom stereocenters. The molecule has 0 bridgehead atoms. The Hall–Kier alpha value is -2.66. The van der Waals surface area contributed by atoms with Crippen LogP contribution >= 0.6 is 0 Å². The largest absolute Gasteiger partial charge is 0.325 e. The Labute approximate surface area is 172 Å². The summed E-state index contributed by atoms with van der Waals surface area (Å²) in [5.41, 5.74) is 1.56. The SMILES string of the molecule is CN(C)[C@]1(c2ccccc2)CC[C@]2(CC1)NC(=O)N(CCc1ccccc1)C2=O. The van der Waals surface area contributed by atoms with Crippen molar-refractivity contribution in [1.82, 2.24) is 15.1 Å². The number of rotatable bonds is 5. The summed E-state index contributed by atoms with van der Waals surface area (Å²) in [4.78, 5) is 29.6. The minimum Gasteiger partial charge on any atom is -0.323 e. The summed E-state index contributed by atoms with van der Waals surface area (Å²) < 4.78 is 0. The Balaban J connectivity index is 1.49. The molecule has 1 spiro atoms. The van der Waals surface area contributed by atoms with E-state index < -0.39 is 5.54 Å². The van der Waals surface area contributed by atoms with E-state index in [0.29, 0.717) is 25.8 Å². The molecule has 1 aliphatic carbocycles. The van der Waals surface area contributed by atoms with Crippen molar-refractivity contribution in [3.63, 3.8) is 0 Å². The second-order valence-electron chi connectivity index (χ2n) is 8.50. The van der Waals surface area contributed by atoms with Crippen molar-refractivity contribution in [3.8, 4) is 0 Å². The fourth-order valence-electron chi connectivity index (χ4n) is 4.94. The first-order chi connectivity index (χ1) is 14.0. The highest BCUT2D eigenvalue weighted by Crippen LogP contribution is 2.46. The zero-order chi connectivity index (χ0) is 20.5. The van der Waals surface area contributed by atoms with Gasteiger partial charge in [-0.3, -0.25) is 14.6 Å². The average Bonchev–Trinajstić information content (AvgIpc) is 2.97. The van der Waals surface area contributed by atoms with Crippen LogP contribution in [0.4, 0.5) is 4.79 Å². The van der Waals surface area contributed by atoms with Crippen LogP contribution < -0.4 is 5.32 Å². The van der Waals surface area contributed by atoms with Crippen LogP contribution in [-0.4, -0.2) is 47.9 Å². The first-order valence-electron chi connectivity index (χ1n) is 10.4. The highest BCUT2D eigenvalue weighted by atomic mass is 16.2. The van der Waals surface area contributed by atoms with E-state index in [1.54, 1.807) is 0 Å². The monoisotopic (exact) mass is 391 g/mol. The number of hydrogen-bond donors (Lipinski definition) is 1. The lowest BCUT2D eigenvalue weighted by molar-refractivity contribution is -0.133. The number of benzene rings is 2. The molecule has 2 aliphatic rings. The van der Waals surface area contributed by atoms with Crippen molar-refractivity contribution >= 4 is 11.9 Å². The van der Waals surface area contributed by atoms with Crippen LogP contribution in [0.5, 0.6) is 0 Å². The zero-order valence-corrected chi connectivity index (χ0v) is 17.2. The van der Waals surface area contributed by atoms with Crippen LogP contribution in [0.25, 0.3) is 0 Å². The molecule has 3 amide bonds. The van der Waals surface area contributed by atoms with Gasteiger partial charge in [0, 0.05) is 12.1 Å². The van der Waals surface area contributed by atoms with Crippen LogP contribution in [0.2, 0.25) is 0 Å². The van der Waals surface area contributed by atoms with Crippen molar-refractivity contribution < 1.29 is 9.59 Å². The third-order valence-electron chi connectivity index (χ3n) is 6.81. The Morgan fingerprint density at radius 2 is 1.48 bits per heavy atom. The molecule has 1 heterocycles. The smallest absolute Gasteiger partial charge is 0.323 e. The van der Waals surface area contributed by atoms with Crippen LogP contribution in [0.15, 0.2) is 60.7 Å². The van der Waals surface area contributed by atoms with E-state index in [2.05, 4.69) is 48.6 Å². The third kappa shape index (κ3) is 3.44. The van der Waals surface area contributed by atoms with E-state index in [9.17, 15) is 9.59 Å². The first-order valence-corrected chi connectivity index (χ1v) is 10.4. The van der Waals surface area contributed by atoms with Crippen molar-refractivity contribution in [1.29, 1.82) is 0 Å². The molecule has 2 fully saturated rings. The number of imide groups is 1. The quantitative estimate of drug-likeness (QED) is 0.793. The number of amides is 3. The van der Waals surface area contributed by atoms with Gasteiger partial charge in [-0.1, -0.05) is 60.7 Å². The fraction of sp³-hybridized carbons (Fsp3) is 0.417. The van der Waals surface area contributed by atoms with Gasteiger partial charge in [-0.05, 0) is 57.3 Å². The lowest BCUT2D eigenvalue weighted by atomic mass is 9.68. The maximum atomic E-state index is 13.3. The molecule has 29 heavy (non-hydrogen) atoms. The molecule has 0 radical (unpaired) electrons. The average molecular weight is 392 g/mol. The lowest BCUT2D eigenvalue weighted by Crippen LogP contribution is -2.55. The fourth-order valence-corrected chi connectivity index (χ4v) is 4.94. The van der Waals surface area contributed by atoms with Gasteiger partial charge in [0.25, 0.3) is 5.91 Å². The molecule has 0 aromatic heterocycles. The molecule has 5 heteroatoms. The summed E-state index contributed by atoms with van der Waals surface area (Å²) in [7, 11) is 4.21. The number of nitrogens with zero attached hydrogens (tertiary/aromatic N) is 2. The van der Waals surface area contributed by atoms with Gasteiger partial charge < -0.3 is 5.32 Å². The van der Waals surface area contributed by atoms with Gasteiger partial charge in [0.2, 0.25) is 0 Å². The molecule has 2 aromatic rings. The predicted octanol–water partition coefficient (Wildman–Crippen LogP) is 3.55. The standard InChI is InChI=1S/C24H29N3O2/c1-26(2)24(20-11-7-4-8-12-20)16-14-23(15-17-24)21(28)27(22(29)25-23)18-13-19-9-5-3-6-10-19/h3-12H,13-18H2,1-2H3,(H,25,29)/t23-,24-. The van der Waals surface area contributed by atoms with E-state index in [0.717, 1.165) is 18.4 Å². The van der Waals surface area contributed by atoms with E-state index in [-0.39, 0.29) is 17.5 Å². The number of carbonyl (C=O) groups excluding carboxylic acids is 2. The van der Waals surface area contributed by atoms with E-state index in [4.69, 9.17) is 0 Å². The van der Waals surface area contributed by atoms with Crippen LogP contribution in [0.3, 0.4) is 0 Å². The Kier molecular flexibility index (Phi) is 5.17. The van der Waals surface area contributed by atoms with Crippen molar-refractivity contribution in [2.24, 2.45) is 0 Å². The topological polar surface area (TPSA) is 52.7 Å². The molecule has 0 atom stereocenters. The minimum atomic E-state index is -0.748.